The molecule has 0 N–H and O–H groups in total. The van der Waals surface area contributed by atoms with E-state index in [2.05, 4.69) is 6.92 Å². The van der Waals surface area contributed by atoms with Crippen molar-refractivity contribution >= 4 is 33.2 Å². The average molecular weight is 373 g/mol. The minimum absolute atomic E-state index is 0.130. The van der Waals surface area contributed by atoms with Crippen LogP contribution in [-0.2, 0) is 14.8 Å². The van der Waals surface area contributed by atoms with Crippen molar-refractivity contribution in [2.75, 3.05) is 23.7 Å². The Balaban J connectivity index is 2.34. The van der Waals surface area contributed by atoms with E-state index in [9.17, 15) is 13.2 Å². The van der Waals surface area contributed by atoms with Crippen molar-refractivity contribution in [2.24, 2.45) is 5.92 Å². The molecule has 1 atom stereocenters. The highest BCUT2D eigenvalue weighted by atomic mass is 35.5. The number of hydrogen-bond acceptors (Lipinski definition) is 3. The monoisotopic (exact) mass is 372 g/mol. The van der Waals surface area contributed by atoms with Gasteiger partial charge in [-0.1, -0.05) is 31.5 Å². The molecular formula is C17H25ClN2O3S. The number of amides is 1. The molecule has 1 fully saturated rings. The highest BCUT2D eigenvalue weighted by Crippen LogP contribution is 2.27. The number of nitrogens with zero attached hydrogens (tertiary/aromatic N) is 2. The molecule has 1 aromatic carbocycles. The fourth-order valence-electron chi connectivity index (χ4n) is 3.10. The SMILES string of the molecule is CC[C@H](C(=O)N1CCC(C)CC1)N(c1cccc(Cl)c1)S(C)(=O)=O. The number of piperidine rings is 1. The smallest absolute Gasteiger partial charge is 0.246 e. The van der Waals surface area contributed by atoms with Crippen LogP contribution in [0.5, 0.6) is 0 Å². The molecule has 0 aliphatic carbocycles. The van der Waals surface area contributed by atoms with Crippen LogP contribution in [-0.4, -0.2) is 44.6 Å². The van der Waals surface area contributed by atoms with Crippen LogP contribution in [0.1, 0.15) is 33.1 Å². The summed E-state index contributed by atoms with van der Waals surface area (Å²) in [6.45, 7) is 5.37. The minimum Gasteiger partial charge on any atom is -0.341 e. The van der Waals surface area contributed by atoms with E-state index in [0.717, 1.165) is 19.1 Å². The van der Waals surface area contributed by atoms with Crippen LogP contribution >= 0.6 is 11.6 Å². The Bertz CT molecular complexity index is 685. The van der Waals surface area contributed by atoms with Gasteiger partial charge in [0.25, 0.3) is 0 Å². The Morgan fingerprint density at radius 3 is 2.50 bits per heavy atom. The molecule has 1 amide bonds. The molecule has 1 heterocycles. The van der Waals surface area contributed by atoms with Gasteiger partial charge >= 0.3 is 0 Å². The van der Waals surface area contributed by atoms with E-state index < -0.39 is 16.1 Å². The maximum absolute atomic E-state index is 13.0. The minimum atomic E-state index is -3.61. The van der Waals surface area contributed by atoms with Crippen LogP contribution in [0, 0.1) is 5.92 Å². The lowest BCUT2D eigenvalue weighted by atomic mass is 9.98. The molecule has 0 spiro atoms. The van der Waals surface area contributed by atoms with Crippen LogP contribution in [0.25, 0.3) is 0 Å². The van der Waals surface area contributed by atoms with Crippen LogP contribution in [0.15, 0.2) is 24.3 Å². The number of carbonyl (C=O) groups excluding carboxylic acids is 1. The summed E-state index contributed by atoms with van der Waals surface area (Å²) < 4.78 is 26.0. The lowest BCUT2D eigenvalue weighted by Crippen LogP contribution is -2.52. The second-order valence-electron chi connectivity index (χ2n) is 6.47. The van der Waals surface area contributed by atoms with Crippen molar-refractivity contribution in [1.82, 2.24) is 4.90 Å². The Morgan fingerprint density at radius 2 is 2.00 bits per heavy atom. The van der Waals surface area contributed by atoms with E-state index >= 15 is 0 Å². The van der Waals surface area contributed by atoms with Crippen LogP contribution in [0.2, 0.25) is 5.02 Å². The van der Waals surface area contributed by atoms with Gasteiger partial charge in [-0.05, 0) is 43.4 Å². The molecule has 0 aromatic heterocycles. The third-order valence-electron chi connectivity index (χ3n) is 4.47. The summed E-state index contributed by atoms with van der Waals surface area (Å²) in [6, 6.07) is 5.88. The topological polar surface area (TPSA) is 57.7 Å². The molecule has 1 aliphatic heterocycles. The number of likely N-dealkylation sites (tertiary alicyclic amines) is 1. The molecule has 7 heteroatoms. The number of benzene rings is 1. The average Bonchev–Trinajstić information content (AvgIpc) is 2.51. The van der Waals surface area contributed by atoms with E-state index in [-0.39, 0.29) is 5.91 Å². The third kappa shape index (κ3) is 4.42. The largest absolute Gasteiger partial charge is 0.341 e. The molecule has 134 valence electrons. The highest BCUT2D eigenvalue weighted by Gasteiger charge is 2.35. The van der Waals surface area contributed by atoms with Crippen LogP contribution in [0.3, 0.4) is 0 Å². The van der Waals surface area contributed by atoms with Crippen LogP contribution in [0.4, 0.5) is 5.69 Å². The summed E-state index contributed by atoms with van der Waals surface area (Å²) in [5.41, 5.74) is 0.426. The van der Waals surface area contributed by atoms with Gasteiger partial charge in [0.05, 0.1) is 11.9 Å². The first-order chi connectivity index (χ1) is 11.2. The predicted octanol–water partition coefficient (Wildman–Crippen LogP) is 3.14. The standard InChI is InChI=1S/C17H25ClN2O3S/c1-4-16(17(21)19-10-8-13(2)9-11-19)20(24(3,22)23)15-7-5-6-14(18)12-15/h5-7,12-13,16H,4,8-11H2,1-3H3/t16-/m1/s1. The predicted molar refractivity (Wildman–Crippen MR) is 97.8 cm³/mol. The van der Waals surface area contributed by atoms with Crippen molar-refractivity contribution in [3.05, 3.63) is 29.3 Å². The van der Waals surface area contributed by atoms with Gasteiger partial charge in [-0.15, -0.1) is 0 Å². The Morgan fingerprint density at radius 1 is 1.38 bits per heavy atom. The maximum Gasteiger partial charge on any atom is 0.246 e. The van der Waals surface area contributed by atoms with E-state index in [1.54, 1.807) is 29.2 Å². The third-order valence-corrected chi connectivity index (χ3v) is 5.89. The van der Waals surface area contributed by atoms with Gasteiger partial charge in [-0.2, -0.15) is 0 Å². The summed E-state index contributed by atoms with van der Waals surface area (Å²) in [6.07, 6.45) is 3.45. The lowest BCUT2D eigenvalue weighted by molar-refractivity contribution is -0.133. The zero-order valence-electron chi connectivity index (χ0n) is 14.4. The molecule has 5 nitrogen and oxygen atoms in total. The van der Waals surface area contributed by atoms with Gasteiger partial charge < -0.3 is 4.90 Å². The lowest BCUT2D eigenvalue weighted by Gasteiger charge is -2.37. The van der Waals surface area contributed by atoms with Gasteiger partial charge in [-0.3, -0.25) is 9.10 Å². The van der Waals surface area contributed by atoms with Gasteiger partial charge in [0.15, 0.2) is 0 Å². The quantitative estimate of drug-likeness (QED) is 0.797. The molecule has 1 aliphatic rings. The van der Waals surface area contributed by atoms with Crippen molar-refractivity contribution < 1.29 is 13.2 Å². The van der Waals surface area contributed by atoms with E-state index in [0.29, 0.717) is 36.1 Å². The van der Waals surface area contributed by atoms with Crippen molar-refractivity contribution in [2.45, 2.75) is 39.2 Å². The Hall–Kier alpha value is -1.27. The molecule has 2 rings (SSSR count). The van der Waals surface area contributed by atoms with E-state index in [1.165, 1.54) is 4.31 Å². The van der Waals surface area contributed by atoms with Gasteiger partial charge in [0.2, 0.25) is 15.9 Å². The van der Waals surface area contributed by atoms with Gasteiger partial charge in [0.1, 0.15) is 6.04 Å². The first-order valence-electron chi connectivity index (χ1n) is 8.27. The number of carbonyl (C=O) groups is 1. The summed E-state index contributed by atoms with van der Waals surface area (Å²) in [4.78, 5) is 14.8. The van der Waals surface area contributed by atoms with Crippen molar-refractivity contribution in [3.63, 3.8) is 0 Å². The molecule has 0 radical (unpaired) electrons. The second-order valence-corrected chi connectivity index (χ2v) is 8.77. The van der Waals surface area contributed by atoms with Crippen molar-refractivity contribution in [1.29, 1.82) is 0 Å². The summed E-state index contributed by atoms with van der Waals surface area (Å²) in [5.74, 6) is 0.475. The maximum atomic E-state index is 13.0. The summed E-state index contributed by atoms with van der Waals surface area (Å²) >= 11 is 6.01. The van der Waals surface area contributed by atoms with Gasteiger partial charge in [0, 0.05) is 18.1 Å². The fraction of sp³-hybridized carbons (Fsp3) is 0.588. The first kappa shape index (κ1) is 19.1. The van der Waals surface area contributed by atoms with Crippen LogP contribution < -0.4 is 4.31 Å². The van der Waals surface area contributed by atoms with E-state index in [4.69, 9.17) is 11.6 Å². The summed E-state index contributed by atoms with van der Waals surface area (Å²) in [7, 11) is -3.61. The normalized spacial score (nSPS) is 17.6. The number of halogens is 1. The second kappa shape index (κ2) is 7.74. The molecule has 0 bridgehead atoms. The zero-order chi connectivity index (χ0) is 17.9. The zero-order valence-corrected chi connectivity index (χ0v) is 16.0. The molecular weight excluding hydrogens is 348 g/mol. The Labute approximate surface area is 149 Å². The first-order valence-corrected chi connectivity index (χ1v) is 10.5. The molecule has 0 saturated carbocycles. The number of anilines is 1. The number of rotatable bonds is 5. The molecule has 1 saturated heterocycles. The molecule has 1 aromatic rings. The van der Waals surface area contributed by atoms with E-state index in [1.807, 2.05) is 6.92 Å². The number of hydrogen-bond donors (Lipinski definition) is 0. The van der Waals surface area contributed by atoms with Gasteiger partial charge in [-0.25, -0.2) is 8.42 Å². The molecule has 24 heavy (non-hydrogen) atoms. The fourth-order valence-corrected chi connectivity index (χ4v) is 4.48. The summed E-state index contributed by atoms with van der Waals surface area (Å²) in [5, 5.41) is 0.440. The van der Waals surface area contributed by atoms with Crippen molar-refractivity contribution in [3.8, 4) is 0 Å². The Kier molecular flexibility index (Phi) is 6.15. The molecule has 0 unspecified atom stereocenters. The highest BCUT2D eigenvalue weighted by molar-refractivity contribution is 7.92. The number of sulfonamides is 1.